The number of carbonyl (C=O) groups is 1. The van der Waals surface area contributed by atoms with Crippen molar-refractivity contribution < 1.29 is 9.72 Å². The quantitative estimate of drug-likeness (QED) is 0.690. The van der Waals surface area contributed by atoms with Crippen LogP contribution in [0.25, 0.3) is 0 Å². The second-order valence-corrected chi connectivity index (χ2v) is 4.85. The van der Waals surface area contributed by atoms with E-state index < -0.39 is 4.92 Å². The molecule has 0 unspecified atom stereocenters. The first kappa shape index (κ1) is 14.7. The molecule has 0 bridgehead atoms. The van der Waals surface area contributed by atoms with Crippen molar-refractivity contribution in [1.82, 2.24) is 9.55 Å². The first-order valence-corrected chi connectivity index (χ1v) is 6.41. The molecule has 1 aromatic carbocycles. The lowest BCUT2D eigenvalue weighted by molar-refractivity contribution is -0.384. The normalized spacial score (nSPS) is 10.4. The van der Waals surface area contributed by atoms with Crippen molar-refractivity contribution in [3.05, 3.63) is 51.6 Å². The third-order valence-electron chi connectivity index (χ3n) is 3.35. The second kappa shape index (κ2) is 5.74. The molecule has 1 heterocycles. The van der Waals surface area contributed by atoms with E-state index in [-0.39, 0.29) is 18.1 Å². The molecular formula is C14H16N4O3. The minimum absolute atomic E-state index is 0.00609. The number of non-ortho nitro benzene ring substituents is 1. The van der Waals surface area contributed by atoms with Gasteiger partial charge in [0.2, 0.25) is 5.91 Å². The van der Waals surface area contributed by atoms with Crippen LogP contribution in [0.3, 0.4) is 0 Å². The molecule has 2 rings (SSSR count). The van der Waals surface area contributed by atoms with Crippen LogP contribution in [0.2, 0.25) is 0 Å². The summed E-state index contributed by atoms with van der Waals surface area (Å²) < 4.78 is 1.76. The maximum Gasteiger partial charge on any atom is 0.269 e. The first-order chi connectivity index (χ1) is 9.88. The molecule has 21 heavy (non-hydrogen) atoms. The molecule has 7 heteroatoms. The molecule has 110 valence electrons. The largest absolute Gasteiger partial charge is 0.325 e. The number of imidazole rings is 1. The Hall–Kier alpha value is -2.70. The summed E-state index contributed by atoms with van der Waals surface area (Å²) >= 11 is 0. The zero-order valence-corrected chi connectivity index (χ0v) is 12.1. The molecule has 0 radical (unpaired) electrons. The van der Waals surface area contributed by atoms with Gasteiger partial charge in [-0.3, -0.25) is 14.9 Å². The fourth-order valence-corrected chi connectivity index (χ4v) is 1.95. The first-order valence-electron chi connectivity index (χ1n) is 6.41. The lowest BCUT2D eigenvalue weighted by atomic mass is 10.2. The Morgan fingerprint density at radius 2 is 2.10 bits per heavy atom. The van der Waals surface area contributed by atoms with Crippen LogP contribution in [0.4, 0.5) is 11.4 Å². The van der Waals surface area contributed by atoms with Crippen LogP contribution in [0, 0.1) is 30.9 Å². The van der Waals surface area contributed by atoms with Gasteiger partial charge in [0.1, 0.15) is 6.54 Å². The summed E-state index contributed by atoms with van der Waals surface area (Å²) in [4.78, 5) is 26.4. The van der Waals surface area contributed by atoms with Gasteiger partial charge in [-0.05, 0) is 32.4 Å². The zero-order chi connectivity index (χ0) is 15.6. The molecule has 7 nitrogen and oxygen atoms in total. The Morgan fingerprint density at radius 1 is 1.38 bits per heavy atom. The van der Waals surface area contributed by atoms with E-state index in [1.54, 1.807) is 17.8 Å². The third-order valence-corrected chi connectivity index (χ3v) is 3.35. The van der Waals surface area contributed by atoms with Crippen molar-refractivity contribution in [2.45, 2.75) is 27.3 Å². The fourth-order valence-electron chi connectivity index (χ4n) is 1.95. The standard InChI is InChI=1S/C14H16N4O3/c1-9-6-12(18(20)21)4-5-13(9)16-14(19)7-17-8-15-10(2)11(17)3/h4-6,8H,7H2,1-3H3,(H,16,19). The number of hydrogen-bond acceptors (Lipinski definition) is 4. The monoisotopic (exact) mass is 288 g/mol. The number of aromatic nitrogens is 2. The number of amides is 1. The highest BCUT2D eigenvalue weighted by Gasteiger charge is 2.11. The van der Waals surface area contributed by atoms with Crippen molar-refractivity contribution in [1.29, 1.82) is 0 Å². The van der Waals surface area contributed by atoms with Gasteiger partial charge in [0.25, 0.3) is 5.69 Å². The molecule has 0 fully saturated rings. The lowest BCUT2D eigenvalue weighted by Crippen LogP contribution is -2.19. The maximum atomic E-state index is 12.0. The zero-order valence-electron chi connectivity index (χ0n) is 12.1. The average molecular weight is 288 g/mol. The van der Waals surface area contributed by atoms with Gasteiger partial charge in [-0.1, -0.05) is 0 Å². The third kappa shape index (κ3) is 3.25. The van der Waals surface area contributed by atoms with E-state index in [1.165, 1.54) is 18.2 Å². The Balaban J connectivity index is 2.09. The van der Waals surface area contributed by atoms with Crippen molar-refractivity contribution >= 4 is 17.3 Å². The van der Waals surface area contributed by atoms with Gasteiger partial charge in [-0.15, -0.1) is 0 Å². The van der Waals surface area contributed by atoms with Gasteiger partial charge in [0.15, 0.2) is 0 Å². The number of anilines is 1. The van der Waals surface area contributed by atoms with Crippen LogP contribution < -0.4 is 5.32 Å². The van der Waals surface area contributed by atoms with E-state index in [1.807, 2.05) is 13.8 Å². The molecule has 0 saturated carbocycles. The summed E-state index contributed by atoms with van der Waals surface area (Å²) in [6.45, 7) is 5.65. The van der Waals surface area contributed by atoms with Crippen LogP contribution in [0.5, 0.6) is 0 Å². The van der Waals surface area contributed by atoms with Crippen LogP contribution in [0.15, 0.2) is 24.5 Å². The minimum atomic E-state index is -0.462. The number of nitrogens with one attached hydrogen (secondary N) is 1. The smallest absolute Gasteiger partial charge is 0.269 e. The molecule has 1 aromatic heterocycles. The fraction of sp³-hybridized carbons (Fsp3) is 0.286. The molecule has 0 saturated heterocycles. The number of nitrogens with zero attached hydrogens (tertiary/aromatic N) is 3. The summed E-state index contributed by atoms with van der Waals surface area (Å²) in [6.07, 6.45) is 1.62. The molecule has 1 N–H and O–H groups in total. The number of rotatable bonds is 4. The van der Waals surface area contributed by atoms with E-state index in [9.17, 15) is 14.9 Å². The number of nitro benzene ring substituents is 1. The van der Waals surface area contributed by atoms with Gasteiger partial charge >= 0.3 is 0 Å². The van der Waals surface area contributed by atoms with E-state index in [0.29, 0.717) is 11.3 Å². The highest BCUT2D eigenvalue weighted by molar-refractivity contribution is 5.91. The van der Waals surface area contributed by atoms with Crippen LogP contribution in [-0.4, -0.2) is 20.4 Å². The van der Waals surface area contributed by atoms with Crippen molar-refractivity contribution in [2.24, 2.45) is 0 Å². The maximum absolute atomic E-state index is 12.0. The Bertz CT molecular complexity index is 706. The van der Waals surface area contributed by atoms with Gasteiger partial charge in [0, 0.05) is 23.5 Å². The number of carbonyl (C=O) groups excluding carboxylic acids is 1. The summed E-state index contributed by atoms with van der Waals surface area (Å²) in [5.74, 6) is -0.201. The molecule has 0 aliphatic carbocycles. The van der Waals surface area contributed by atoms with Crippen LogP contribution in [0.1, 0.15) is 17.0 Å². The number of nitro groups is 1. The summed E-state index contributed by atoms with van der Waals surface area (Å²) in [6, 6.07) is 4.34. The Labute approximate surface area is 121 Å². The SMILES string of the molecule is Cc1cc([N+](=O)[O-])ccc1NC(=O)Cn1cnc(C)c1C. The Kier molecular flexibility index (Phi) is 4.02. The number of hydrogen-bond donors (Lipinski definition) is 1. The molecule has 2 aromatic rings. The van der Waals surface area contributed by atoms with Crippen LogP contribution in [-0.2, 0) is 11.3 Å². The highest BCUT2D eigenvalue weighted by Crippen LogP contribution is 2.21. The molecular weight excluding hydrogens is 272 g/mol. The van der Waals surface area contributed by atoms with E-state index >= 15 is 0 Å². The van der Waals surface area contributed by atoms with Gasteiger partial charge in [0.05, 0.1) is 16.9 Å². The van der Waals surface area contributed by atoms with E-state index in [4.69, 9.17) is 0 Å². The molecule has 0 spiro atoms. The molecule has 0 atom stereocenters. The number of aryl methyl sites for hydroxylation is 2. The van der Waals surface area contributed by atoms with Crippen molar-refractivity contribution in [3.63, 3.8) is 0 Å². The van der Waals surface area contributed by atoms with Crippen molar-refractivity contribution in [2.75, 3.05) is 5.32 Å². The lowest BCUT2D eigenvalue weighted by Gasteiger charge is -2.09. The molecule has 1 amide bonds. The van der Waals surface area contributed by atoms with Crippen LogP contribution >= 0.6 is 0 Å². The average Bonchev–Trinajstić information content (AvgIpc) is 2.73. The summed E-state index contributed by atoms with van der Waals surface area (Å²) in [5, 5.41) is 13.4. The molecule has 0 aliphatic heterocycles. The topological polar surface area (TPSA) is 90.1 Å². The Morgan fingerprint density at radius 3 is 2.62 bits per heavy atom. The summed E-state index contributed by atoms with van der Waals surface area (Å²) in [5.41, 5.74) is 3.04. The minimum Gasteiger partial charge on any atom is -0.325 e. The molecule has 0 aliphatic rings. The highest BCUT2D eigenvalue weighted by atomic mass is 16.6. The predicted octanol–water partition coefficient (Wildman–Crippen LogP) is 2.36. The second-order valence-electron chi connectivity index (χ2n) is 4.85. The van der Waals surface area contributed by atoms with E-state index in [2.05, 4.69) is 10.3 Å². The van der Waals surface area contributed by atoms with Gasteiger partial charge in [-0.25, -0.2) is 4.98 Å². The van der Waals surface area contributed by atoms with E-state index in [0.717, 1.165) is 11.4 Å². The summed E-state index contributed by atoms with van der Waals surface area (Å²) in [7, 11) is 0. The van der Waals surface area contributed by atoms with Gasteiger partial charge < -0.3 is 9.88 Å². The number of benzene rings is 1. The predicted molar refractivity (Wildman–Crippen MR) is 78.2 cm³/mol. The van der Waals surface area contributed by atoms with Gasteiger partial charge in [-0.2, -0.15) is 0 Å². The van der Waals surface area contributed by atoms with Crippen molar-refractivity contribution in [3.8, 4) is 0 Å².